The van der Waals surface area contributed by atoms with Crippen molar-refractivity contribution in [2.45, 2.75) is 38.8 Å². The molecule has 1 aliphatic carbocycles. The second kappa shape index (κ2) is 6.72. The number of amidine groups is 1. The van der Waals surface area contributed by atoms with E-state index in [9.17, 15) is 5.11 Å². The lowest BCUT2D eigenvalue weighted by Gasteiger charge is -2.16. The first kappa shape index (κ1) is 14.8. The van der Waals surface area contributed by atoms with Crippen LogP contribution in [0.2, 0.25) is 0 Å². The molecule has 2 unspecified atom stereocenters. The summed E-state index contributed by atoms with van der Waals surface area (Å²) in [6.45, 7) is 3.63. The van der Waals surface area contributed by atoms with Crippen molar-refractivity contribution in [2.75, 3.05) is 6.54 Å². The number of nitrogens with zero attached hydrogens (tertiary/aromatic N) is 1. The predicted octanol–water partition coefficient (Wildman–Crippen LogP) is 1.34. The highest BCUT2D eigenvalue weighted by Gasteiger charge is 2.24. The Labute approximate surface area is 119 Å². The van der Waals surface area contributed by atoms with Gasteiger partial charge in [-0.05, 0) is 42.9 Å². The highest BCUT2D eigenvalue weighted by Crippen LogP contribution is 2.24. The van der Waals surface area contributed by atoms with E-state index in [1.54, 1.807) is 0 Å². The van der Waals surface area contributed by atoms with E-state index in [2.05, 4.69) is 10.5 Å². The van der Waals surface area contributed by atoms with Crippen LogP contribution in [0.5, 0.6) is 0 Å². The maximum absolute atomic E-state index is 9.77. The fourth-order valence-corrected chi connectivity index (χ4v) is 2.76. The minimum atomic E-state index is -0.147. The summed E-state index contributed by atoms with van der Waals surface area (Å²) in [6, 6.07) is 5.75. The molecule has 0 amide bonds. The lowest BCUT2D eigenvalue weighted by atomic mass is 10.0. The number of nitrogens with one attached hydrogen (secondary N) is 1. The summed E-state index contributed by atoms with van der Waals surface area (Å²) in [6.07, 6.45) is 3.02. The first-order valence-electron chi connectivity index (χ1n) is 7.08. The number of nitrogens with two attached hydrogens (primary N) is 1. The summed E-state index contributed by atoms with van der Waals surface area (Å²) in [4.78, 5) is 0. The van der Waals surface area contributed by atoms with Gasteiger partial charge < -0.3 is 21.4 Å². The lowest BCUT2D eigenvalue weighted by Crippen LogP contribution is -2.27. The summed E-state index contributed by atoms with van der Waals surface area (Å²) in [5.41, 5.74) is 8.58. The summed E-state index contributed by atoms with van der Waals surface area (Å²) < 4.78 is 0. The molecule has 1 saturated carbocycles. The third-order valence-electron chi connectivity index (χ3n) is 4.09. The molecule has 0 heterocycles. The average Bonchev–Trinajstić information content (AvgIpc) is 2.85. The van der Waals surface area contributed by atoms with Crippen LogP contribution in [0.15, 0.2) is 23.4 Å². The van der Waals surface area contributed by atoms with Gasteiger partial charge in [0.25, 0.3) is 0 Å². The molecule has 20 heavy (non-hydrogen) atoms. The van der Waals surface area contributed by atoms with Crippen LogP contribution in [0, 0.1) is 12.8 Å². The SMILES string of the molecule is Cc1cc(/C(N)=N/O)ccc1CNCC1CCCC1O. The smallest absolute Gasteiger partial charge is 0.170 e. The summed E-state index contributed by atoms with van der Waals surface area (Å²) in [5.74, 6) is 0.508. The molecule has 2 rings (SSSR count). The lowest BCUT2D eigenvalue weighted by molar-refractivity contribution is 0.131. The molecule has 1 aromatic rings. The number of aryl methyl sites for hydroxylation is 1. The third kappa shape index (κ3) is 3.49. The molecule has 0 saturated heterocycles. The molecular formula is C15H23N3O2. The Hall–Kier alpha value is -1.59. The number of rotatable bonds is 5. The Morgan fingerprint density at radius 2 is 2.25 bits per heavy atom. The van der Waals surface area contributed by atoms with Gasteiger partial charge in [-0.1, -0.05) is 23.7 Å². The topological polar surface area (TPSA) is 90.9 Å². The molecule has 0 radical (unpaired) electrons. The van der Waals surface area contributed by atoms with E-state index in [-0.39, 0.29) is 11.9 Å². The van der Waals surface area contributed by atoms with Crippen molar-refractivity contribution in [3.8, 4) is 0 Å². The number of aliphatic hydroxyl groups is 1. The monoisotopic (exact) mass is 277 g/mol. The maximum atomic E-state index is 9.77. The number of hydrogen-bond donors (Lipinski definition) is 4. The van der Waals surface area contributed by atoms with Gasteiger partial charge in [0.1, 0.15) is 0 Å². The number of oxime groups is 1. The van der Waals surface area contributed by atoms with Gasteiger partial charge in [-0.15, -0.1) is 0 Å². The molecule has 0 aromatic heterocycles. The number of benzene rings is 1. The summed E-state index contributed by atoms with van der Waals surface area (Å²) >= 11 is 0. The van der Waals surface area contributed by atoms with Crippen molar-refractivity contribution in [1.29, 1.82) is 0 Å². The van der Waals surface area contributed by atoms with Crippen LogP contribution < -0.4 is 11.1 Å². The zero-order valence-corrected chi connectivity index (χ0v) is 11.8. The van der Waals surface area contributed by atoms with E-state index >= 15 is 0 Å². The van der Waals surface area contributed by atoms with Crippen molar-refractivity contribution in [3.63, 3.8) is 0 Å². The van der Waals surface area contributed by atoms with Crippen LogP contribution in [-0.2, 0) is 6.54 Å². The standard InChI is InChI=1S/C15H23N3O2/c1-10-7-11(15(16)18-20)5-6-12(10)8-17-9-13-3-2-4-14(13)19/h5-7,13-14,17,19-20H,2-4,8-9H2,1H3,(H2,16,18). The van der Waals surface area contributed by atoms with Crippen LogP contribution in [-0.4, -0.2) is 28.8 Å². The van der Waals surface area contributed by atoms with Gasteiger partial charge in [0.2, 0.25) is 0 Å². The Morgan fingerprint density at radius 3 is 2.85 bits per heavy atom. The summed E-state index contributed by atoms with van der Waals surface area (Å²) in [7, 11) is 0. The highest BCUT2D eigenvalue weighted by molar-refractivity contribution is 5.97. The zero-order valence-electron chi connectivity index (χ0n) is 11.8. The van der Waals surface area contributed by atoms with Gasteiger partial charge in [0.05, 0.1) is 6.10 Å². The third-order valence-corrected chi connectivity index (χ3v) is 4.09. The van der Waals surface area contributed by atoms with Gasteiger partial charge in [-0.25, -0.2) is 0 Å². The van der Waals surface area contributed by atoms with Crippen molar-refractivity contribution < 1.29 is 10.3 Å². The first-order chi connectivity index (χ1) is 9.61. The molecule has 5 nitrogen and oxygen atoms in total. The maximum Gasteiger partial charge on any atom is 0.170 e. The molecule has 1 fully saturated rings. The van der Waals surface area contributed by atoms with Crippen LogP contribution >= 0.6 is 0 Å². The zero-order chi connectivity index (χ0) is 14.5. The van der Waals surface area contributed by atoms with Gasteiger partial charge in [0, 0.05) is 18.7 Å². The predicted molar refractivity (Wildman–Crippen MR) is 78.7 cm³/mol. The minimum absolute atomic E-state index is 0.127. The van der Waals surface area contributed by atoms with E-state index in [0.717, 1.165) is 43.5 Å². The van der Waals surface area contributed by atoms with Crippen LogP contribution in [0.4, 0.5) is 0 Å². The van der Waals surface area contributed by atoms with E-state index in [0.29, 0.717) is 5.92 Å². The van der Waals surface area contributed by atoms with Crippen LogP contribution in [0.1, 0.15) is 36.0 Å². The molecule has 5 heteroatoms. The fourth-order valence-electron chi connectivity index (χ4n) is 2.76. The van der Waals surface area contributed by atoms with Gasteiger partial charge >= 0.3 is 0 Å². The molecule has 1 aromatic carbocycles. The van der Waals surface area contributed by atoms with Crippen LogP contribution in [0.25, 0.3) is 0 Å². The van der Waals surface area contributed by atoms with Gasteiger partial charge in [-0.3, -0.25) is 0 Å². The molecule has 2 atom stereocenters. The van der Waals surface area contributed by atoms with Crippen molar-refractivity contribution in [2.24, 2.45) is 16.8 Å². The average molecular weight is 277 g/mol. The largest absolute Gasteiger partial charge is 0.409 e. The quantitative estimate of drug-likeness (QED) is 0.283. The molecule has 110 valence electrons. The Kier molecular flexibility index (Phi) is 4.98. The van der Waals surface area contributed by atoms with Gasteiger partial charge in [-0.2, -0.15) is 0 Å². The molecule has 0 spiro atoms. The highest BCUT2D eigenvalue weighted by atomic mass is 16.4. The number of aliphatic hydroxyl groups excluding tert-OH is 1. The molecular weight excluding hydrogens is 254 g/mol. The molecule has 0 aliphatic heterocycles. The van der Waals surface area contributed by atoms with Crippen molar-refractivity contribution in [1.82, 2.24) is 5.32 Å². The van der Waals surface area contributed by atoms with E-state index in [4.69, 9.17) is 10.9 Å². The second-order valence-electron chi connectivity index (χ2n) is 5.52. The Bertz CT molecular complexity index is 488. The summed E-state index contributed by atoms with van der Waals surface area (Å²) in [5, 5.41) is 24.8. The normalized spacial score (nSPS) is 23.2. The molecule has 5 N–H and O–H groups in total. The van der Waals surface area contributed by atoms with Crippen LogP contribution in [0.3, 0.4) is 0 Å². The number of hydrogen-bond acceptors (Lipinski definition) is 4. The fraction of sp³-hybridized carbons (Fsp3) is 0.533. The molecule has 1 aliphatic rings. The van der Waals surface area contributed by atoms with E-state index in [1.165, 1.54) is 5.56 Å². The minimum Gasteiger partial charge on any atom is -0.409 e. The van der Waals surface area contributed by atoms with Crippen molar-refractivity contribution in [3.05, 3.63) is 34.9 Å². The second-order valence-corrected chi connectivity index (χ2v) is 5.52. The first-order valence-corrected chi connectivity index (χ1v) is 7.08. The van der Waals surface area contributed by atoms with E-state index < -0.39 is 0 Å². The van der Waals surface area contributed by atoms with Crippen molar-refractivity contribution >= 4 is 5.84 Å². The Balaban J connectivity index is 1.90. The van der Waals surface area contributed by atoms with E-state index in [1.807, 2.05) is 25.1 Å². The van der Waals surface area contributed by atoms with Gasteiger partial charge in [0.15, 0.2) is 5.84 Å². The molecule has 0 bridgehead atoms. The Morgan fingerprint density at radius 1 is 1.45 bits per heavy atom.